The molecule has 1 aliphatic carbocycles. The standard InChI is InChI=1S/C13H22N2O5S/c16-12(7-9-8-21(19,20)6-5-14-9)15-11-4-2-1-3-10(11)13(17)18/h9-11,14H,1-8H2,(H,15,16)(H,17,18). The lowest BCUT2D eigenvalue weighted by Crippen LogP contribution is -2.50. The van der Waals surface area contributed by atoms with Crippen LogP contribution in [0, 0.1) is 5.92 Å². The van der Waals surface area contributed by atoms with Crippen LogP contribution in [0.15, 0.2) is 0 Å². The summed E-state index contributed by atoms with van der Waals surface area (Å²) < 4.78 is 23.0. The number of amides is 1. The van der Waals surface area contributed by atoms with Gasteiger partial charge < -0.3 is 15.7 Å². The molecule has 120 valence electrons. The van der Waals surface area contributed by atoms with Gasteiger partial charge in [-0.05, 0) is 12.8 Å². The smallest absolute Gasteiger partial charge is 0.308 e. The van der Waals surface area contributed by atoms with E-state index in [1.807, 2.05) is 0 Å². The monoisotopic (exact) mass is 318 g/mol. The molecule has 1 heterocycles. The highest BCUT2D eigenvalue weighted by atomic mass is 32.2. The Kier molecular flexibility index (Phi) is 5.21. The summed E-state index contributed by atoms with van der Waals surface area (Å²) in [5.41, 5.74) is 0. The highest BCUT2D eigenvalue weighted by Gasteiger charge is 2.33. The molecule has 0 aromatic carbocycles. The molecule has 0 spiro atoms. The number of sulfone groups is 1. The first kappa shape index (κ1) is 16.2. The molecular formula is C13H22N2O5S. The van der Waals surface area contributed by atoms with E-state index in [9.17, 15) is 18.0 Å². The molecule has 3 unspecified atom stereocenters. The molecule has 1 saturated carbocycles. The molecule has 1 amide bonds. The van der Waals surface area contributed by atoms with Gasteiger partial charge in [-0.2, -0.15) is 0 Å². The molecule has 2 rings (SSSR count). The van der Waals surface area contributed by atoms with Gasteiger partial charge in [-0.15, -0.1) is 0 Å². The maximum absolute atomic E-state index is 12.0. The maximum Gasteiger partial charge on any atom is 0.308 e. The van der Waals surface area contributed by atoms with Crippen LogP contribution in [0.2, 0.25) is 0 Å². The Morgan fingerprint density at radius 2 is 1.95 bits per heavy atom. The van der Waals surface area contributed by atoms with Crippen molar-refractivity contribution >= 4 is 21.7 Å². The van der Waals surface area contributed by atoms with Crippen LogP contribution < -0.4 is 10.6 Å². The van der Waals surface area contributed by atoms with E-state index in [0.717, 1.165) is 12.8 Å². The summed E-state index contributed by atoms with van der Waals surface area (Å²) in [5.74, 6) is -1.62. The first-order valence-electron chi connectivity index (χ1n) is 7.33. The number of aliphatic carboxylic acids is 1. The number of carboxylic acid groups (broad SMARTS) is 1. The van der Waals surface area contributed by atoms with Crippen molar-refractivity contribution in [1.82, 2.24) is 10.6 Å². The number of hydrogen-bond donors (Lipinski definition) is 3. The Bertz CT molecular complexity index is 505. The molecule has 0 radical (unpaired) electrons. The number of carbonyl (C=O) groups is 2. The van der Waals surface area contributed by atoms with Crippen LogP contribution in [0.25, 0.3) is 0 Å². The minimum absolute atomic E-state index is 0.0343. The summed E-state index contributed by atoms with van der Waals surface area (Å²) in [4.78, 5) is 23.2. The molecule has 7 nitrogen and oxygen atoms in total. The average molecular weight is 318 g/mol. The molecule has 1 aliphatic heterocycles. The number of rotatable bonds is 4. The zero-order valence-electron chi connectivity index (χ0n) is 11.9. The Balaban J connectivity index is 1.87. The van der Waals surface area contributed by atoms with Gasteiger partial charge in [-0.1, -0.05) is 12.8 Å². The topological polar surface area (TPSA) is 113 Å². The quantitative estimate of drug-likeness (QED) is 0.645. The lowest BCUT2D eigenvalue weighted by Gasteiger charge is -2.30. The number of nitrogens with one attached hydrogen (secondary N) is 2. The highest BCUT2D eigenvalue weighted by molar-refractivity contribution is 7.91. The average Bonchev–Trinajstić information content (AvgIpc) is 2.37. The molecule has 0 aromatic rings. The van der Waals surface area contributed by atoms with Crippen LogP contribution in [0.3, 0.4) is 0 Å². The van der Waals surface area contributed by atoms with Crippen molar-refractivity contribution in [2.75, 3.05) is 18.1 Å². The molecule has 3 N–H and O–H groups in total. The molecule has 1 saturated heterocycles. The van der Waals surface area contributed by atoms with E-state index in [-0.39, 0.29) is 35.9 Å². The maximum atomic E-state index is 12.0. The summed E-state index contributed by atoms with van der Waals surface area (Å²) in [6, 6.07) is -0.723. The van der Waals surface area contributed by atoms with Crippen molar-refractivity contribution in [3.63, 3.8) is 0 Å². The molecule has 8 heteroatoms. The van der Waals surface area contributed by atoms with Gasteiger partial charge in [-0.3, -0.25) is 9.59 Å². The number of carbonyl (C=O) groups excluding carboxylic acids is 1. The van der Waals surface area contributed by atoms with Crippen molar-refractivity contribution < 1.29 is 23.1 Å². The lowest BCUT2D eigenvalue weighted by molar-refractivity contribution is -0.144. The van der Waals surface area contributed by atoms with E-state index < -0.39 is 21.7 Å². The second kappa shape index (κ2) is 6.74. The first-order valence-corrected chi connectivity index (χ1v) is 9.15. The summed E-state index contributed by atoms with van der Waals surface area (Å²) in [6.45, 7) is 0.363. The minimum atomic E-state index is -3.07. The Hall–Kier alpha value is -1.15. The summed E-state index contributed by atoms with van der Waals surface area (Å²) in [5, 5.41) is 15.0. The Morgan fingerprint density at radius 3 is 2.62 bits per heavy atom. The largest absolute Gasteiger partial charge is 0.481 e. The normalized spacial score (nSPS) is 32.3. The first-order chi connectivity index (χ1) is 9.87. The number of hydrogen-bond acceptors (Lipinski definition) is 5. The van der Waals surface area contributed by atoms with Crippen molar-refractivity contribution in [2.24, 2.45) is 5.92 Å². The predicted molar refractivity (Wildman–Crippen MR) is 76.6 cm³/mol. The van der Waals surface area contributed by atoms with E-state index in [2.05, 4.69) is 10.6 Å². The van der Waals surface area contributed by atoms with Crippen LogP contribution in [-0.4, -0.2) is 55.5 Å². The summed E-state index contributed by atoms with van der Waals surface area (Å²) in [6.07, 6.45) is 3.09. The predicted octanol–water partition coefficient (Wildman–Crippen LogP) is -0.477. The molecule has 3 atom stereocenters. The van der Waals surface area contributed by atoms with Gasteiger partial charge in [0.1, 0.15) is 0 Å². The van der Waals surface area contributed by atoms with E-state index in [4.69, 9.17) is 5.11 Å². The zero-order valence-corrected chi connectivity index (χ0v) is 12.7. The van der Waals surface area contributed by atoms with Crippen molar-refractivity contribution in [3.8, 4) is 0 Å². The van der Waals surface area contributed by atoms with Crippen LogP contribution in [-0.2, 0) is 19.4 Å². The summed E-state index contributed by atoms with van der Waals surface area (Å²) >= 11 is 0. The number of carboxylic acids is 1. The van der Waals surface area contributed by atoms with Crippen LogP contribution in [0.4, 0.5) is 0 Å². The third kappa shape index (κ3) is 4.67. The Morgan fingerprint density at radius 1 is 1.24 bits per heavy atom. The second-order valence-electron chi connectivity index (χ2n) is 5.87. The fourth-order valence-electron chi connectivity index (χ4n) is 3.09. The zero-order chi connectivity index (χ0) is 15.5. The van der Waals surface area contributed by atoms with Gasteiger partial charge >= 0.3 is 5.97 Å². The van der Waals surface area contributed by atoms with Crippen molar-refractivity contribution in [1.29, 1.82) is 0 Å². The van der Waals surface area contributed by atoms with E-state index in [0.29, 0.717) is 19.4 Å². The van der Waals surface area contributed by atoms with Gasteiger partial charge in [0.15, 0.2) is 9.84 Å². The van der Waals surface area contributed by atoms with Crippen LogP contribution in [0.5, 0.6) is 0 Å². The van der Waals surface area contributed by atoms with Crippen molar-refractivity contribution in [3.05, 3.63) is 0 Å². The van der Waals surface area contributed by atoms with Gasteiger partial charge in [0.05, 0.1) is 17.4 Å². The third-order valence-electron chi connectivity index (χ3n) is 4.16. The fourth-order valence-corrected chi connectivity index (χ4v) is 4.53. The molecule has 0 bridgehead atoms. The highest BCUT2D eigenvalue weighted by Crippen LogP contribution is 2.24. The van der Waals surface area contributed by atoms with Crippen molar-refractivity contribution in [2.45, 2.75) is 44.2 Å². The van der Waals surface area contributed by atoms with Gasteiger partial charge in [0, 0.05) is 25.0 Å². The van der Waals surface area contributed by atoms with Gasteiger partial charge in [0.25, 0.3) is 0 Å². The summed E-state index contributed by atoms with van der Waals surface area (Å²) in [7, 11) is -3.07. The minimum Gasteiger partial charge on any atom is -0.481 e. The lowest BCUT2D eigenvalue weighted by atomic mass is 9.84. The van der Waals surface area contributed by atoms with Gasteiger partial charge in [0.2, 0.25) is 5.91 Å². The molecular weight excluding hydrogens is 296 g/mol. The molecule has 2 fully saturated rings. The van der Waals surface area contributed by atoms with Crippen LogP contribution >= 0.6 is 0 Å². The van der Waals surface area contributed by atoms with E-state index in [1.54, 1.807) is 0 Å². The van der Waals surface area contributed by atoms with E-state index in [1.165, 1.54) is 0 Å². The molecule has 21 heavy (non-hydrogen) atoms. The third-order valence-corrected chi connectivity index (χ3v) is 5.90. The van der Waals surface area contributed by atoms with Gasteiger partial charge in [-0.25, -0.2) is 8.42 Å². The Labute approximate surface area is 124 Å². The fraction of sp³-hybridized carbons (Fsp3) is 0.846. The second-order valence-corrected chi connectivity index (χ2v) is 8.10. The molecule has 2 aliphatic rings. The van der Waals surface area contributed by atoms with Crippen LogP contribution in [0.1, 0.15) is 32.1 Å². The SMILES string of the molecule is O=C(CC1CS(=O)(=O)CCN1)NC1CCCCC1C(=O)O. The van der Waals surface area contributed by atoms with E-state index >= 15 is 0 Å². The molecule has 0 aromatic heterocycles.